The molecule has 1 N–H and O–H groups in total. The van der Waals surface area contributed by atoms with E-state index in [4.69, 9.17) is 16.3 Å². The molecule has 0 radical (unpaired) electrons. The third-order valence-electron chi connectivity index (χ3n) is 5.66. The van der Waals surface area contributed by atoms with Crippen molar-refractivity contribution in [2.24, 2.45) is 0 Å². The number of anilines is 1. The van der Waals surface area contributed by atoms with Crippen LogP contribution >= 0.6 is 11.6 Å². The lowest BCUT2D eigenvalue weighted by molar-refractivity contribution is -0.119. The molecule has 8 heteroatoms. The van der Waals surface area contributed by atoms with E-state index in [1.165, 1.54) is 37.4 Å². The van der Waals surface area contributed by atoms with Crippen molar-refractivity contribution in [1.82, 2.24) is 4.90 Å². The van der Waals surface area contributed by atoms with Crippen molar-refractivity contribution < 1.29 is 23.1 Å². The first-order valence-electron chi connectivity index (χ1n) is 10.3. The number of amides is 2. The Hall–Kier alpha value is -3.29. The van der Waals surface area contributed by atoms with Crippen LogP contribution in [-0.2, 0) is 9.53 Å². The van der Waals surface area contributed by atoms with Crippen LogP contribution in [0, 0.1) is 11.6 Å². The zero-order valence-electron chi connectivity index (χ0n) is 17.7. The van der Waals surface area contributed by atoms with E-state index in [0.29, 0.717) is 22.4 Å². The minimum atomic E-state index is -0.815. The van der Waals surface area contributed by atoms with Gasteiger partial charge in [-0.05, 0) is 47.5 Å². The van der Waals surface area contributed by atoms with Gasteiger partial charge in [-0.1, -0.05) is 41.9 Å². The number of nitrogens with one attached hydrogen (secondary N) is 1. The zero-order valence-corrected chi connectivity index (χ0v) is 18.5. The van der Waals surface area contributed by atoms with E-state index in [0.717, 1.165) is 0 Å². The Bertz CT molecular complexity index is 1190. The summed E-state index contributed by atoms with van der Waals surface area (Å²) in [5.74, 6) is -2.49. The number of ether oxygens (including phenoxy) is 1. The second-order valence-electron chi connectivity index (χ2n) is 7.67. The van der Waals surface area contributed by atoms with E-state index < -0.39 is 29.5 Å². The smallest absolute Gasteiger partial charge is 0.254 e. The Morgan fingerprint density at radius 1 is 1.09 bits per heavy atom. The van der Waals surface area contributed by atoms with E-state index in [9.17, 15) is 18.4 Å². The summed E-state index contributed by atoms with van der Waals surface area (Å²) in [6.07, 6.45) is 0. The Kier molecular flexibility index (Phi) is 6.72. The number of halogens is 3. The van der Waals surface area contributed by atoms with Crippen molar-refractivity contribution in [3.8, 4) is 0 Å². The fourth-order valence-electron chi connectivity index (χ4n) is 4.14. The van der Waals surface area contributed by atoms with Gasteiger partial charge >= 0.3 is 0 Å². The molecular formula is C25H21ClF2N2O3. The maximum atomic E-state index is 13.7. The molecule has 0 fully saturated rings. The van der Waals surface area contributed by atoms with E-state index in [1.807, 2.05) is 0 Å². The largest absolute Gasteiger partial charge is 0.383 e. The molecule has 0 spiro atoms. The lowest BCUT2D eigenvalue weighted by Gasteiger charge is -2.41. The quantitative estimate of drug-likeness (QED) is 0.539. The van der Waals surface area contributed by atoms with Crippen LogP contribution < -0.4 is 5.32 Å². The normalized spacial score (nSPS) is 17.6. The van der Waals surface area contributed by atoms with Crippen LogP contribution in [0.3, 0.4) is 0 Å². The van der Waals surface area contributed by atoms with Crippen molar-refractivity contribution in [2.75, 3.05) is 25.6 Å². The predicted molar refractivity (Wildman–Crippen MR) is 121 cm³/mol. The number of carbonyl (C=O) groups is 2. The number of methoxy groups -OCH3 is 1. The molecule has 1 aliphatic heterocycles. The molecule has 3 aromatic rings. The molecule has 0 aliphatic carbocycles. The van der Waals surface area contributed by atoms with Crippen molar-refractivity contribution >= 4 is 29.1 Å². The fraction of sp³-hybridized carbons (Fsp3) is 0.200. The number of nitrogens with zero attached hydrogens (tertiary/aromatic N) is 1. The molecule has 3 aromatic carbocycles. The molecule has 33 heavy (non-hydrogen) atoms. The van der Waals surface area contributed by atoms with Gasteiger partial charge in [0.1, 0.15) is 11.6 Å². The van der Waals surface area contributed by atoms with Crippen molar-refractivity contribution in [3.05, 3.63) is 100 Å². The van der Waals surface area contributed by atoms with Gasteiger partial charge in [0.25, 0.3) is 5.91 Å². The lowest BCUT2D eigenvalue weighted by atomic mass is 9.79. The highest BCUT2D eigenvalue weighted by molar-refractivity contribution is 6.31. The maximum absolute atomic E-state index is 13.7. The summed E-state index contributed by atoms with van der Waals surface area (Å²) in [7, 11) is 1.53. The average Bonchev–Trinajstić information content (AvgIpc) is 2.81. The molecule has 0 aromatic heterocycles. The number of fused-ring (bicyclic) bond motifs is 1. The SMILES string of the molecule is COCCN1C(=O)c2ccccc2C(C(=O)Nc2ccc(F)c(Cl)c2)C1c1ccc(F)cc1. The van der Waals surface area contributed by atoms with E-state index in [-0.39, 0.29) is 24.1 Å². The lowest BCUT2D eigenvalue weighted by Crippen LogP contribution is -2.47. The van der Waals surface area contributed by atoms with Crippen molar-refractivity contribution in [1.29, 1.82) is 0 Å². The summed E-state index contributed by atoms with van der Waals surface area (Å²) in [6, 6.07) is 15.8. The maximum Gasteiger partial charge on any atom is 0.254 e. The van der Waals surface area contributed by atoms with Gasteiger partial charge in [0.05, 0.1) is 23.6 Å². The third kappa shape index (κ3) is 4.60. The van der Waals surface area contributed by atoms with Gasteiger partial charge in [-0.15, -0.1) is 0 Å². The van der Waals surface area contributed by atoms with E-state index in [1.54, 1.807) is 41.3 Å². The number of hydrogen-bond acceptors (Lipinski definition) is 3. The first-order valence-corrected chi connectivity index (χ1v) is 10.7. The highest BCUT2D eigenvalue weighted by atomic mass is 35.5. The predicted octanol–water partition coefficient (Wildman–Crippen LogP) is 5.18. The second-order valence-corrected chi connectivity index (χ2v) is 8.08. The molecule has 170 valence electrons. The van der Waals surface area contributed by atoms with Crippen LogP contribution in [0.2, 0.25) is 5.02 Å². The molecule has 1 heterocycles. The van der Waals surface area contributed by atoms with E-state index >= 15 is 0 Å². The summed E-state index contributed by atoms with van der Waals surface area (Å²) in [5.41, 5.74) is 1.88. The molecule has 4 rings (SSSR count). The topological polar surface area (TPSA) is 58.6 Å². The Morgan fingerprint density at radius 2 is 1.82 bits per heavy atom. The summed E-state index contributed by atoms with van der Waals surface area (Å²) < 4.78 is 32.4. The molecule has 0 bridgehead atoms. The first-order chi connectivity index (χ1) is 15.9. The minimum absolute atomic E-state index is 0.121. The first kappa shape index (κ1) is 22.9. The summed E-state index contributed by atoms with van der Waals surface area (Å²) in [4.78, 5) is 28.6. The van der Waals surface area contributed by atoms with Crippen LogP contribution in [0.1, 0.15) is 33.4 Å². The standard InChI is InChI=1S/C25H21ClF2N2O3/c1-33-13-12-30-23(15-6-8-16(27)9-7-15)22(18-4-2-3-5-19(18)25(30)32)24(31)29-17-10-11-21(28)20(26)14-17/h2-11,14,22-23H,12-13H2,1H3,(H,29,31). The third-order valence-corrected chi connectivity index (χ3v) is 5.95. The molecule has 1 aliphatic rings. The highest BCUT2D eigenvalue weighted by Crippen LogP contribution is 2.43. The number of carbonyl (C=O) groups excluding carboxylic acids is 2. The van der Waals surface area contributed by atoms with Crippen LogP contribution in [0.4, 0.5) is 14.5 Å². The Labute approximate surface area is 194 Å². The highest BCUT2D eigenvalue weighted by Gasteiger charge is 2.44. The average molecular weight is 471 g/mol. The fourth-order valence-corrected chi connectivity index (χ4v) is 4.32. The van der Waals surface area contributed by atoms with Gasteiger partial charge in [0, 0.05) is 24.9 Å². The van der Waals surface area contributed by atoms with Crippen LogP contribution in [0.5, 0.6) is 0 Å². The number of rotatable bonds is 6. The van der Waals surface area contributed by atoms with Gasteiger partial charge in [-0.25, -0.2) is 8.78 Å². The molecule has 2 unspecified atom stereocenters. The van der Waals surface area contributed by atoms with Crippen molar-refractivity contribution in [2.45, 2.75) is 12.0 Å². The Morgan fingerprint density at radius 3 is 2.52 bits per heavy atom. The molecule has 2 amide bonds. The number of hydrogen-bond donors (Lipinski definition) is 1. The van der Waals surface area contributed by atoms with Gasteiger partial charge in [-0.2, -0.15) is 0 Å². The zero-order chi connectivity index (χ0) is 23.5. The van der Waals surface area contributed by atoms with E-state index in [2.05, 4.69) is 5.32 Å². The molecule has 0 saturated carbocycles. The molecular weight excluding hydrogens is 450 g/mol. The monoisotopic (exact) mass is 470 g/mol. The van der Waals surface area contributed by atoms with Crippen LogP contribution in [-0.4, -0.2) is 37.0 Å². The Balaban J connectivity index is 1.82. The van der Waals surface area contributed by atoms with Gasteiger partial charge in [0.15, 0.2) is 0 Å². The van der Waals surface area contributed by atoms with Gasteiger partial charge in [0.2, 0.25) is 5.91 Å². The molecule has 5 nitrogen and oxygen atoms in total. The molecule has 0 saturated heterocycles. The van der Waals surface area contributed by atoms with Crippen LogP contribution in [0.15, 0.2) is 66.7 Å². The number of benzene rings is 3. The minimum Gasteiger partial charge on any atom is -0.383 e. The summed E-state index contributed by atoms with van der Waals surface area (Å²) in [6.45, 7) is 0.491. The summed E-state index contributed by atoms with van der Waals surface area (Å²) in [5, 5.41) is 2.67. The molecule has 2 atom stereocenters. The van der Waals surface area contributed by atoms with Gasteiger partial charge in [-0.3, -0.25) is 9.59 Å². The summed E-state index contributed by atoms with van der Waals surface area (Å²) >= 11 is 5.87. The van der Waals surface area contributed by atoms with Crippen LogP contribution in [0.25, 0.3) is 0 Å². The van der Waals surface area contributed by atoms with Crippen molar-refractivity contribution in [3.63, 3.8) is 0 Å². The second kappa shape index (κ2) is 9.68. The van der Waals surface area contributed by atoms with Gasteiger partial charge < -0.3 is 15.0 Å².